The van der Waals surface area contributed by atoms with Crippen LogP contribution < -0.4 is 14.4 Å². The zero-order chi connectivity index (χ0) is 24.3. The van der Waals surface area contributed by atoms with Gasteiger partial charge < -0.3 is 19.1 Å². The van der Waals surface area contributed by atoms with Crippen molar-refractivity contribution in [1.29, 1.82) is 0 Å². The molecule has 34 heavy (non-hydrogen) atoms. The Morgan fingerprint density at radius 3 is 2.44 bits per heavy atom. The first-order chi connectivity index (χ1) is 16.3. The molecule has 0 saturated carbocycles. The van der Waals surface area contributed by atoms with Gasteiger partial charge in [0.15, 0.2) is 17.3 Å². The normalized spacial score (nSPS) is 13.6. The van der Waals surface area contributed by atoms with Crippen LogP contribution in [-0.4, -0.2) is 47.6 Å². The fourth-order valence-electron chi connectivity index (χ4n) is 3.71. The molecule has 0 radical (unpaired) electrons. The van der Waals surface area contributed by atoms with Crippen LogP contribution in [0.3, 0.4) is 0 Å². The van der Waals surface area contributed by atoms with E-state index in [9.17, 15) is 13.2 Å². The van der Waals surface area contributed by atoms with Gasteiger partial charge >= 0.3 is 5.97 Å². The van der Waals surface area contributed by atoms with E-state index in [-0.39, 0.29) is 18.0 Å². The topological polar surface area (TPSA) is 94.5 Å². The summed E-state index contributed by atoms with van der Waals surface area (Å²) < 4.78 is 45.2. The molecule has 0 aromatic heterocycles. The lowest BCUT2D eigenvalue weighted by Gasteiger charge is -2.25. The molecule has 0 aliphatic carbocycles. The Hall–Kier alpha value is -3.85. The highest BCUT2D eigenvalue weighted by molar-refractivity contribution is 7.90. The van der Waals surface area contributed by atoms with Crippen molar-refractivity contribution in [1.82, 2.24) is 0 Å². The second-order valence-electron chi connectivity index (χ2n) is 7.58. The average molecular weight is 481 g/mol. The third kappa shape index (κ3) is 4.60. The number of aryl methyl sites for hydroxylation is 1. The molecular weight excluding hydrogens is 456 g/mol. The molecule has 176 valence electrons. The molecule has 0 unspecified atom stereocenters. The highest BCUT2D eigenvalue weighted by Crippen LogP contribution is 2.30. The smallest absolute Gasteiger partial charge is 0.338 e. The molecule has 0 saturated heterocycles. The van der Waals surface area contributed by atoms with Gasteiger partial charge in [0.05, 0.1) is 26.3 Å². The number of methoxy groups -OCH3 is 2. The van der Waals surface area contributed by atoms with Crippen LogP contribution in [0.4, 0.5) is 5.69 Å². The second-order valence-corrected chi connectivity index (χ2v) is 9.15. The zero-order valence-electron chi connectivity index (χ0n) is 19.0. The summed E-state index contributed by atoms with van der Waals surface area (Å²) in [5, 5.41) is 0. The zero-order valence-corrected chi connectivity index (χ0v) is 19.8. The molecule has 0 amide bonds. The van der Waals surface area contributed by atoms with Crippen molar-refractivity contribution in [2.24, 2.45) is 4.40 Å². The molecule has 9 heteroatoms. The number of hydrogen-bond acceptors (Lipinski definition) is 7. The minimum atomic E-state index is -3.80. The van der Waals surface area contributed by atoms with Crippen LogP contribution in [-0.2, 0) is 14.8 Å². The van der Waals surface area contributed by atoms with Gasteiger partial charge in [0.25, 0.3) is 10.0 Å². The molecular formula is C25H24N2O6S. The van der Waals surface area contributed by atoms with Crippen molar-refractivity contribution in [3.05, 3.63) is 83.4 Å². The fraction of sp³-hybridized carbons (Fsp3) is 0.200. The van der Waals surface area contributed by atoms with Gasteiger partial charge in [-0.2, -0.15) is 8.42 Å². The summed E-state index contributed by atoms with van der Waals surface area (Å²) in [4.78, 5) is 14.5. The predicted octanol–water partition coefficient (Wildman–Crippen LogP) is 3.82. The SMILES string of the molecule is COc1ccc(C(=O)OCCN(C2=NS(=O)(=O)c3ccccc32)c2cccc(C)c2)cc1OC. The van der Waals surface area contributed by atoms with Gasteiger partial charge in [-0.1, -0.05) is 24.3 Å². The average Bonchev–Trinajstić information content (AvgIpc) is 3.11. The standard InChI is InChI=1S/C25H24N2O6S/c1-17-7-6-8-19(15-17)27(24-20-9-4-5-10-23(20)34(29,30)26-24)13-14-33-25(28)18-11-12-21(31-2)22(16-18)32-3/h4-12,15-16H,13-14H2,1-3H3. The molecule has 1 aliphatic rings. The van der Waals surface area contributed by atoms with Crippen molar-refractivity contribution in [2.75, 3.05) is 32.3 Å². The van der Waals surface area contributed by atoms with Gasteiger partial charge in [-0.05, 0) is 55.0 Å². The van der Waals surface area contributed by atoms with Crippen LogP contribution in [0.5, 0.6) is 11.5 Å². The van der Waals surface area contributed by atoms with E-state index in [1.807, 2.05) is 31.2 Å². The molecule has 0 N–H and O–H groups in total. The maximum atomic E-state index is 12.6. The van der Waals surface area contributed by atoms with Crippen molar-refractivity contribution in [3.8, 4) is 11.5 Å². The quantitative estimate of drug-likeness (QED) is 0.475. The summed E-state index contributed by atoms with van der Waals surface area (Å²) in [5.74, 6) is 0.680. The van der Waals surface area contributed by atoms with E-state index in [1.165, 1.54) is 20.3 Å². The van der Waals surface area contributed by atoms with Crippen molar-refractivity contribution in [3.63, 3.8) is 0 Å². The second kappa shape index (κ2) is 9.56. The van der Waals surface area contributed by atoms with Crippen molar-refractivity contribution >= 4 is 27.5 Å². The Bertz CT molecular complexity index is 1370. The number of anilines is 1. The number of rotatable bonds is 7. The first-order valence-electron chi connectivity index (χ1n) is 10.5. The van der Waals surface area contributed by atoms with E-state index in [0.717, 1.165) is 11.3 Å². The Labute approximate surface area is 198 Å². The largest absolute Gasteiger partial charge is 0.493 e. The van der Waals surface area contributed by atoms with Crippen LogP contribution in [0.15, 0.2) is 76.0 Å². The maximum absolute atomic E-state index is 12.6. The number of hydrogen-bond donors (Lipinski definition) is 0. The van der Waals surface area contributed by atoms with Crippen LogP contribution in [0.1, 0.15) is 21.5 Å². The van der Waals surface area contributed by atoms with Crippen LogP contribution >= 0.6 is 0 Å². The Morgan fingerprint density at radius 1 is 0.941 bits per heavy atom. The lowest BCUT2D eigenvalue weighted by Crippen LogP contribution is -2.34. The summed E-state index contributed by atoms with van der Waals surface area (Å²) in [6.45, 7) is 2.15. The van der Waals surface area contributed by atoms with Gasteiger partial charge in [-0.3, -0.25) is 0 Å². The number of ether oxygens (including phenoxy) is 3. The molecule has 1 heterocycles. The number of nitrogens with zero attached hydrogens (tertiary/aromatic N) is 2. The van der Waals surface area contributed by atoms with Gasteiger partial charge in [0.1, 0.15) is 11.5 Å². The molecule has 8 nitrogen and oxygen atoms in total. The van der Waals surface area contributed by atoms with Crippen molar-refractivity contribution < 1.29 is 27.4 Å². The van der Waals surface area contributed by atoms with Gasteiger partial charge in [0.2, 0.25) is 0 Å². The third-order valence-electron chi connectivity index (χ3n) is 5.35. The molecule has 0 fully saturated rings. The lowest BCUT2D eigenvalue weighted by molar-refractivity contribution is 0.0517. The molecule has 4 rings (SSSR count). The molecule has 3 aromatic rings. The van der Waals surface area contributed by atoms with E-state index in [0.29, 0.717) is 28.5 Å². The lowest BCUT2D eigenvalue weighted by atomic mass is 10.1. The minimum Gasteiger partial charge on any atom is -0.493 e. The number of benzene rings is 3. The maximum Gasteiger partial charge on any atom is 0.338 e. The summed E-state index contributed by atoms with van der Waals surface area (Å²) in [6, 6.07) is 19.1. The van der Waals surface area contributed by atoms with Gasteiger partial charge in [0, 0.05) is 11.3 Å². The molecule has 0 bridgehead atoms. The van der Waals surface area contributed by atoms with E-state index in [2.05, 4.69) is 4.40 Å². The van der Waals surface area contributed by atoms with Crippen LogP contribution in [0.25, 0.3) is 0 Å². The predicted molar refractivity (Wildman–Crippen MR) is 129 cm³/mol. The summed E-state index contributed by atoms with van der Waals surface area (Å²) in [7, 11) is -0.803. The first kappa shape index (κ1) is 23.3. The van der Waals surface area contributed by atoms with E-state index >= 15 is 0 Å². The van der Waals surface area contributed by atoms with E-state index in [4.69, 9.17) is 14.2 Å². The fourth-order valence-corrected chi connectivity index (χ4v) is 4.92. The Balaban J connectivity index is 1.58. The summed E-state index contributed by atoms with van der Waals surface area (Å²) >= 11 is 0. The van der Waals surface area contributed by atoms with Gasteiger partial charge in [-0.15, -0.1) is 4.40 Å². The molecule has 0 spiro atoms. The number of amidine groups is 1. The highest BCUT2D eigenvalue weighted by Gasteiger charge is 2.32. The van der Waals surface area contributed by atoms with Gasteiger partial charge in [-0.25, -0.2) is 4.79 Å². The van der Waals surface area contributed by atoms with E-state index < -0.39 is 16.0 Å². The number of sulfonamides is 1. The Morgan fingerprint density at radius 2 is 1.71 bits per heavy atom. The van der Waals surface area contributed by atoms with Crippen LogP contribution in [0, 0.1) is 6.92 Å². The summed E-state index contributed by atoms with van der Waals surface area (Å²) in [6.07, 6.45) is 0. The molecule has 3 aromatic carbocycles. The highest BCUT2D eigenvalue weighted by atomic mass is 32.2. The molecule has 0 atom stereocenters. The van der Waals surface area contributed by atoms with E-state index in [1.54, 1.807) is 41.3 Å². The van der Waals surface area contributed by atoms with Crippen LogP contribution in [0.2, 0.25) is 0 Å². The monoisotopic (exact) mass is 480 g/mol. The number of carbonyl (C=O) groups excluding carboxylic acids is 1. The van der Waals surface area contributed by atoms with Crippen molar-refractivity contribution in [2.45, 2.75) is 11.8 Å². The summed E-state index contributed by atoms with van der Waals surface area (Å²) in [5.41, 5.74) is 2.56. The number of fused-ring (bicyclic) bond motifs is 1. The number of esters is 1. The number of carbonyl (C=O) groups is 1. The minimum absolute atomic E-state index is 0.00234. The third-order valence-corrected chi connectivity index (χ3v) is 6.67. The Kier molecular flexibility index (Phi) is 6.56. The molecule has 1 aliphatic heterocycles. The first-order valence-corrected chi connectivity index (χ1v) is 12.0.